The molecular formula is C18H15N5. The van der Waals surface area contributed by atoms with Crippen molar-refractivity contribution >= 4 is 28.7 Å². The highest BCUT2D eigenvalue weighted by atomic mass is 15.3. The second-order valence-electron chi connectivity index (χ2n) is 5.52. The Hall–Kier alpha value is -3.08. The number of fused-ring (bicyclic) bond motifs is 2. The van der Waals surface area contributed by atoms with E-state index in [0.29, 0.717) is 0 Å². The molecule has 2 aromatic heterocycles. The van der Waals surface area contributed by atoms with E-state index in [2.05, 4.69) is 52.2 Å². The van der Waals surface area contributed by atoms with Crippen LogP contribution in [0.3, 0.4) is 0 Å². The highest BCUT2D eigenvalue weighted by Crippen LogP contribution is 2.45. The molecule has 0 saturated carbocycles. The largest absolute Gasteiger partial charge is 0.275 e. The summed E-state index contributed by atoms with van der Waals surface area (Å²) in [5, 5.41) is 8.66. The Kier molecular flexibility index (Phi) is 3.12. The van der Waals surface area contributed by atoms with E-state index in [-0.39, 0.29) is 0 Å². The minimum absolute atomic E-state index is 0.727. The Morgan fingerprint density at radius 3 is 1.96 bits per heavy atom. The van der Waals surface area contributed by atoms with Crippen LogP contribution in [0.2, 0.25) is 0 Å². The lowest BCUT2D eigenvalue weighted by atomic mass is 10.1. The van der Waals surface area contributed by atoms with Gasteiger partial charge in [-0.05, 0) is 49.7 Å². The Bertz CT molecular complexity index is 867. The molecule has 0 radical (unpaired) electrons. The van der Waals surface area contributed by atoms with E-state index < -0.39 is 0 Å². The van der Waals surface area contributed by atoms with Crippen LogP contribution in [0.15, 0.2) is 65.1 Å². The quantitative estimate of drug-likeness (QED) is 0.480. The van der Waals surface area contributed by atoms with Crippen molar-refractivity contribution in [1.29, 1.82) is 0 Å². The van der Waals surface area contributed by atoms with Gasteiger partial charge in [0.25, 0.3) is 0 Å². The van der Waals surface area contributed by atoms with Crippen LogP contribution < -0.4 is 4.90 Å². The number of hydrogen-bond donors (Lipinski definition) is 0. The van der Waals surface area contributed by atoms with Crippen LogP contribution in [-0.2, 0) is 0 Å². The molecule has 4 rings (SSSR count). The molecule has 1 aromatic carbocycles. The zero-order chi connectivity index (χ0) is 15.8. The first-order valence-electron chi connectivity index (χ1n) is 7.43. The number of pyridine rings is 2. The third-order valence-electron chi connectivity index (χ3n) is 3.81. The first kappa shape index (κ1) is 13.6. The lowest BCUT2D eigenvalue weighted by Gasteiger charge is -2.25. The van der Waals surface area contributed by atoms with Crippen LogP contribution in [0.5, 0.6) is 0 Å². The highest BCUT2D eigenvalue weighted by molar-refractivity contribution is 5.85. The number of benzene rings is 1. The Labute approximate surface area is 134 Å². The number of anilines is 3. The van der Waals surface area contributed by atoms with E-state index in [0.717, 1.165) is 34.3 Å². The van der Waals surface area contributed by atoms with E-state index in [4.69, 9.17) is 0 Å². The number of azo groups is 1. The van der Waals surface area contributed by atoms with Crippen molar-refractivity contribution in [3.8, 4) is 0 Å². The summed E-state index contributed by atoms with van der Waals surface area (Å²) < 4.78 is 0. The molecule has 0 bridgehead atoms. The summed E-state index contributed by atoms with van der Waals surface area (Å²) in [5.41, 5.74) is 4.86. The summed E-state index contributed by atoms with van der Waals surface area (Å²) in [7, 11) is 0. The summed E-state index contributed by atoms with van der Waals surface area (Å²) in [6, 6.07) is 13.9. The Balaban J connectivity index is 2.03. The fourth-order valence-corrected chi connectivity index (χ4v) is 2.77. The maximum Gasteiger partial charge on any atom is 0.166 e. The van der Waals surface area contributed by atoms with Crippen LogP contribution in [0.25, 0.3) is 0 Å². The van der Waals surface area contributed by atoms with Gasteiger partial charge < -0.3 is 0 Å². The predicted molar refractivity (Wildman–Crippen MR) is 90.4 cm³/mol. The Morgan fingerprint density at radius 2 is 1.39 bits per heavy atom. The summed E-state index contributed by atoms with van der Waals surface area (Å²) >= 11 is 0. The summed E-state index contributed by atoms with van der Waals surface area (Å²) in [5.74, 6) is 1.47. The molecule has 3 aromatic rings. The van der Waals surface area contributed by atoms with Gasteiger partial charge in [0.05, 0.1) is 5.69 Å². The van der Waals surface area contributed by atoms with E-state index in [1.165, 1.54) is 5.56 Å². The number of aromatic nitrogens is 2. The minimum Gasteiger partial charge on any atom is -0.275 e. The van der Waals surface area contributed by atoms with E-state index >= 15 is 0 Å². The average molecular weight is 301 g/mol. The van der Waals surface area contributed by atoms with Gasteiger partial charge in [0.15, 0.2) is 11.6 Å². The molecule has 0 saturated heterocycles. The van der Waals surface area contributed by atoms with Crippen molar-refractivity contribution in [3.63, 3.8) is 0 Å². The van der Waals surface area contributed by atoms with E-state index in [1.54, 1.807) is 12.4 Å². The van der Waals surface area contributed by atoms with Crippen molar-refractivity contribution in [1.82, 2.24) is 9.97 Å². The lowest BCUT2D eigenvalue weighted by molar-refractivity contribution is 1.12. The summed E-state index contributed by atoms with van der Waals surface area (Å²) in [6.45, 7) is 4.18. The van der Waals surface area contributed by atoms with Crippen molar-refractivity contribution in [2.75, 3.05) is 4.90 Å². The van der Waals surface area contributed by atoms with Gasteiger partial charge in [0.2, 0.25) is 0 Å². The van der Waals surface area contributed by atoms with Gasteiger partial charge in [-0.3, -0.25) is 4.90 Å². The zero-order valence-electron chi connectivity index (χ0n) is 12.9. The van der Waals surface area contributed by atoms with Crippen molar-refractivity contribution in [3.05, 3.63) is 66.0 Å². The number of nitrogens with zero attached hydrogens (tertiary/aromatic N) is 5. The minimum atomic E-state index is 0.727. The van der Waals surface area contributed by atoms with E-state index in [1.807, 2.05) is 29.2 Å². The molecule has 112 valence electrons. The number of hydrogen-bond acceptors (Lipinski definition) is 5. The third kappa shape index (κ3) is 2.26. The topological polar surface area (TPSA) is 53.7 Å². The lowest BCUT2D eigenvalue weighted by Crippen LogP contribution is -2.14. The predicted octanol–water partition coefficient (Wildman–Crippen LogP) is 5.29. The maximum atomic E-state index is 4.53. The first-order chi connectivity index (χ1) is 11.2. The van der Waals surface area contributed by atoms with Crippen LogP contribution in [0, 0.1) is 13.8 Å². The molecule has 5 heteroatoms. The number of aryl methyl sites for hydroxylation is 2. The monoisotopic (exact) mass is 301 g/mol. The summed E-state index contributed by atoms with van der Waals surface area (Å²) in [6.07, 6.45) is 3.53. The van der Waals surface area contributed by atoms with Gasteiger partial charge in [0.1, 0.15) is 11.4 Å². The molecule has 0 spiro atoms. The second-order valence-corrected chi connectivity index (χ2v) is 5.52. The van der Waals surface area contributed by atoms with Gasteiger partial charge in [-0.25, -0.2) is 9.97 Å². The average Bonchev–Trinajstić information content (AvgIpc) is 2.72. The van der Waals surface area contributed by atoms with Crippen molar-refractivity contribution in [2.24, 2.45) is 10.2 Å². The molecule has 0 N–H and O–H groups in total. The molecule has 23 heavy (non-hydrogen) atoms. The molecule has 0 aliphatic carbocycles. The molecule has 0 unspecified atom stereocenters. The van der Waals surface area contributed by atoms with E-state index in [9.17, 15) is 0 Å². The smallest absolute Gasteiger partial charge is 0.166 e. The van der Waals surface area contributed by atoms with Gasteiger partial charge in [-0.1, -0.05) is 17.7 Å². The van der Waals surface area contributed by atoms with Crippen LogP contribution in [0.4, 0.5) is 28.7 Å². The highest BCUT2D eigenvalue weighted by Gasteiger charge is 2.24. The van der Waals surface area contributed by atoms with Crippen LogP contribution >= 0.6 is 0 Å². The fourth-order valence-electron chi connectivity index (χ4n) is 2.77. The molecule has 1 aliphatic heterocycles. The van der Waals surface area contributed by atoms with Gasteiger partial charge in [0, 0.05) is 12.4 Å². The molecule has 0 fully saturated rings. The fraction of sp³-hybridized carbons (Fsp3) is 0.111. The maximum absolute atomic E-state index is 4.53. The molecule has 0 atom stereocenters. The molecule has 3 heterocycles. The first-order valence-corrected chi connectivity index (χ1v) is 7.43. The molecule has 5 nitrogen and oxygen atoms in total. The van der Waals surface area contributed by atoms with Crippen molar-refractivity contribution in [2.45, 2.75) is 13.8 Å². The van der Waals surface area contributed by atoms with Gasteiger partial charge in [-0.2, -0.15) is 0 Å². The van der Waals surface area contributed by atoms with Crippen LogP contribution in [0.1, 0.15) is 11.1 Å². The molecular weight excluding hydrogens is 286 g/mol. The zero-order valence-corrected chi connectivity index (χ0v) is 12.9. The molecule has 0 amide bonds. The number of rotatable bonds is 1. The van der Waals surface area contributed by atoms with Gasteiger partial charge in [-0.15, -0.1) is 10.2 Å². The third-order valence-corrected chi connectivity index (χ3v) is 3.81. The molecule has 1 aliphatic rings. The normalized spacial score (nSPS) is 12.5. The summed E-state index contributed by atoms with van der Waals surface area (Å²) in [4.78, 5) is 11.1. The standard InChI is InChI=1S/C18H15N5/c1-12-7-8-16(13(2)11-12)23-17-14(5-3-9-19-17)21-22-15-6-4-10-20-18(15)23/h3-11H,1-2H3. The van der Waals surface area contributed by atoms with Gasteiger partial charge >= 0.3 is 0 Å². The van der Waals surface area contributed by atoms with Crippen LogP contribution in [-0.4, -0.2) is 9.97 Å². The van der Waals surface area contributed by atoms with Crippen molar-refractivity contribution < 1.29 is 0 Å². The Morgan fingerprint density at radius 1 is 0.783 bits per heavy atom. The SMILES string of the molecule is Cc1ccc(N2c3ncccc3N=Nc3cccnc32)c(C)c1. The second kappa shape index (κ2) is 5.28.